The van der Waals surface area contributed by atoms with Crippen LogP contribution in [0.15, 0.2) is 18.2 Å². The Kier molecular flexibility index (Phi) is 7.44. The summed E-state index contributed by atoms with van der Waals surface area (Å²) in [5, 5.41) is 0. The molecular formula is C18H29NO2. The van der Waals surface area contributed by atoms with E-state index in [1.165, 1.54) is 12.8 Å². The van der Waals surface area contributed by atoms with E-state index < -0.39 is 0 Å². The van der Waals surface area contributed by atoms with Crippen LogP contribution in [-0.2, 0) is 6.54 Å². The van der Waals surface area contributed by atoms with Crippen molar-refractivity contribution < 1.29 is 9.53 Å². The normalized spacial score (nSPS) is 11.2. The van der Waals surface area contributed by atoms with Crippen molar-refractivity contribution in [3.05, 3.63) is 29.3 Å². The molecule has 0 aliphatic heterocycles. The van der Waals surface area contributed by atoms with Gasteiger partial charge in [-0.05, 0) is 37.6 Å². The maximum atomic E-state index is 11.6. The third-order valence-corrected chi connectivity index (χ3v) is 4.20. The van der Waals surface area contributed by atoms with E-state index in [1.807, 2.05) is 18.2 Å². The molecule has 1 aromatic carbocycles. The average Bonchev–Trinajstić information content (AvgIpc) is 2.50. The molecule has 0 saturated heterocycles. The minimum absolute atomic E-state index is 0.0990. The minimum Gasteiger partial charge on any atom is -0.496 e. The SMILES string of the molecule is CCC(CC)CN(CC)Cc1cc(C(C)=O)ccc1OC. The topological polar surface area (TPSA) is 29.5 Å². The number of carbonyl (C=O) groups is 1. The van der Waals surface area contributed by atoms with Gasteiger partial charge in [0.15, 0.2) is 5.78 Å². The summed E-state index contributed by atoms with van der Waals surface area (Å²) >= 11 is 0. The molecule has 0 N–H and O–H groups in total. The lowest BCUT2D eigenvalue weighted by Crippen LogP contribution is -2.29. The van der Waals surface area contributed by atoms with E-state index in [2.05, 4.69) is 25.7 Å². The molecule has 0 saturated carbocycles. The van der Waals surface area contributed by atoms with Crippen molar-refractivity contribution in [1.82, 2.24) is 4.90 Å². The van der Waals surface area contributed by atoms with Crippen LogP contribution in [-0.4, -0.2) is 30.9 Å². The fourth-order valence-electron chi connectivity index (χ4n) is 2.58. The van der Waals surface area contributed by atoms with Crippen LogP contribution in [0, 0.1) is 5.92 Å². The summed E-state index contributed by atoms with van der Waals surface area (Å²) < 4.78 is 5.45. The van der Waals surface area contributed by atoms with Crippen molar-refractivity contribution >= 4 is 5.78 Å². The van der Waals surface area contributed by atoms with Gasteiger partial charge in [-0.15, -0.1) is 0 Å². The summed E-state index contributed by atoms with van der Waals surface area (Å²) in [4.78, 5) is 14.0. The Bertz CT molecular complexity index is 453. The molecule has 1 rings (SSSR count). The number of Topliss-reactive ketones (excluding diaryl/α,β-unsaturated/α-hetero) is 1. The van der Waals surface area contributed by atoms with Crippen molar-refractivity contribution in [1.29, 1.82) is 0 Å². The fourth-order valence-corrected chi connectivity index (χ4v) is 2.58. The summed E-state index contributed by atoms with van der Waals surface area (Å²) in [6.45, 7) is 11.2. The fraction of sp³-hybridized carbons (Fsp3) is 0.611. The molecule has 3 heteroatoms. The van der Waals surface area contributed by atoms with Gasteiger partial charge in [0.1, 0.15) is 5.75 Å². The van der Waals surface area contributed by atoms with Crippen LogP contribution in [0.25, 0.3) is 0 Å². The van der Waals surface area contributed by atoms with Crippen LogP contribution in [0.1, 0.15) is 56.5 Å². The molecule has 0 aromatic heterocycles. The Hall–Kier alpha value is -1.35. The van der Waals surface area contributed by atoms with Crippen molar-refractivity contribution in [2.45, 2.75) is 47.1 Å². The van der Waals surface area contributed by atoms with Gasteiger partial charge in [0, 0.05) is 24.2 Å². The molecule has 3 nitrogen and oxygen atoms in total. The molecule has 0 radical (unpaired) electrons. The Morgan fingerprint density at radius 1 is 1.24 bits per heavy atom. The quantitative estimate of drug-likeness (QED) is 0.640. The van der Waals surface area contributed by atoms with Gasteiger partial charge in [0.2, 0.25) is 0 Å². The predicted octanol–water partition coefficient (Wildman–Crippen LogP) is 4.16. The molecule has 0 aliphatic carbocycles. The lowest BCUT2D eigenvalue weighted by atomic mass is 10.0. The van der Waals surface area contributed by atoms with E-state index in [4.69, 9.17) is 4.74 Å². The summed E-state index contributed by atoms with van der Waals surface area (Å²) in [5.41, 5.74) is 1.85. The summed E-state index contributed by atoms with van der Waals surface area (Å²) in [7, 11) is 1.68. The minimum atomic E-state index is 0.0990. The van der Waals surface area contributed by atoms with E-state index in [-0.39, 0.29) is 5.78 Å². The first-order chi connectivity index (χ1) is 10.0. The van der Waals surface area contributed by atoms with Gasteiger partial charge in [0.05, 0.1) is 7.11 Å². The van der Waals surface area contributed by atoms with E-state index >= 15 is 0 Å². The Morgan fingerprint density at radius 2 is 1.90 bits per heavy atom. The van der Waals surface area contributed by atoms with Gasteiger partial charge >= 0.3 is 0 Å². The van der Waals surface area contributed by atoms with Gasteiger partial charge in [-0.1, -0.05) is 33.6 Å². The van der Waals surface area contributed by atoms with Crippen molar-refractivity contribution in [2.24, 2.45) is 5.92 Å². The Balaban J connectivity index is 2.91. The highest BCUT2D eigenvalue weighted by atomic mass is 16.5. The molecule has 0 spiro atoms. The molecule has 0 aliphatic rings. The summed E-state index contributed by atoms with van der Waals surface area (Å²) in [5.74, 6) is 1.69. The van der Waals surface area contributed by atoms with Gasteiger partial charge < -0.3 is 4.74 Å². The molecule has 0 unspecified atom stereocenters. The molecule has 0 bridgehead atoms. The highest BCUT2D eigenvalue weighted by Gasteiger charge is 2.14. The van der Waals surface area contributed by atoms with Crippen LogP contribution < -0.4 is 4.74 Å². The van der Waals surface area contributed by atoms with Crippen molar-refractivity contribution in [3.8, 4) is 5.75 Å². The molecule has 0 fully saturated rings. The maximum Gasteiger partial charge on any atom is 0.159 e. The number of carbonyl (C=O) groups excluding carboxylic acids is 1. The van der Waals surface area contributed by atoms with E-state index in [0.29, 0.717) is 0 Å². The molecule has 1 aromatic rings. The van der Waals surface area contributed by atoms with Gasteiger partial charge in [-0.3, -0.25) is 9.69 Å². The largest absolute Gasteiger partial charge is 0.496 e. The van der Waals surface area contributed by atoms with Gasteiger partial charge in [-0.2, -0.15) is 0 Å². The third-order valence-electron chi connectivity index (χ3n) is 4.20. The smallest absolute Gasteiger partial charge is 0.159 e. The third kappa shape index (κ3) is 5.16. The van der Waals surface area contributed by atoms with Crippen LogP contribution in [0.5, 0.6) is 5.75 Å². The van der Waals surface area contributed by atoms with E-state index in [9.17, 15) is 4.79 Å². The first-order valence-electron chi connectivity index (χ1n) is 7.95. The number of nitrogens with zero attached hydrogens (tertiary/aromatic N) is 1. The van der Waals surface area contributed by atoms with Crippen LogP contribution in [0.3, 0.4) is 0 Å². The molecule has 118 valence electrons. The lowest BCUT2D eigenvalue weighted by Gasteiger charge is -2.26. The van der Waals surface area contributed by atoms with Crippen molar-refractivity contribution in [3.63, 3.8) is 0 Å². The molecule has 0 amide bonds. The number of hydrogen-bond donors (Lipinski definition) is 0. The number of ether oxygens (including phenoxy) is 1. The number of hydrogen-bond acceptors (Lipinski definition) is 3. The Labute approximate surface area is 129 Å². The number of ketones is 1. The zero-order valence-corrected chi connectivity index (χ0v) is 14.1. The zero-order valence-electron chi connectivity index (χ0n) is 14.1. The monoisotopic (exact) mass is 291 g/mol. The average molecular weight is 291 g/mol. The Morgan fingerprint density at radius 3 is 2.38 bits per heavy atom. The van der Waals surface area contributed by atoms with Crippen LogP contribution in [0.2, 0.25) is 0 Å². The number of benzene rings is 1. The highest BCUT2D eigenvalue weighted by molar-refractivity contribution is 5.94. The molecular weight excluding hydrogens is 262 g/mol. The highest BCUT2D eigenvalue weighted by Crippen LogP contribution is 2.23. The van der Waals surface area contributed by atoms with Gasteiger partial charge in [-0.25, -0.2) is 0 Å². The second-order valence-corrected chi connectivity index (χ2v) is 5.59. The van der Waals surface area contributed by atoms with E-state index in [1.54, 1.807) is 14.0 Å². The van der Waals surface area contributed by atoms with Crippen LogP contribution >= 0.6 is 0 Å². The van der Waals surface area contributed by atoms with Gasteiger partial charge in [0.25, 0.3) is 0 Å². The number of rotatable bonds is 9. The first-order valence-corrected chi connectivity index (χ1v) is 7.95. The molecule has 0 atom stereocenters. The maximum absolute atomic E-state index is 11.6. The predicted molar refractivity (Wildman–Crippen MR) is 88.0 cm³/mol. The summed E-state index contributed by atoms with van der Waals surface area (Å²) in [6.07, 6.45) is 2.41. The zero-order chi connectivity index (χ0) is 15.8. The lowest BCUT2D eigenvalue weighted by molar-refractivity contribution is 0.101. The molecule has 21 heavy (non-hydrogen) atoms. The molecule has 0 heterocycles. The standard InChI is InChI=1S/C18H29NO2/c1-6-15(7-2)12-19(8-3)13-17-11-16(14(4)20)9-10-18(17)21-5/h9-11,15H,6-8,12-13H2,1-5H3. The second-order valence-electron chi connectivity index (χ2n) is 5.59. The number of methoxy groups -OCH3 is 1. The first kappa shape index (κ1) is 17.7. The van der Waals surface area contributed by atoms with Crippen LogP contribution in [0.4, 0.5) is 0 Å². The van der Waals surface area contributed by atoms with E-state index in [0.717, 1.165) is 42.4 Å². The second kappa shape index (κ2) is 8.83. The van der Waals surface area contributed by atoms with Crippen molar-refractivity contribution in [2.75, 3.05) is 20.2 Å². The summed E-state index contributed by atoms with van der Waals surface area (Å²) in [6, 6.07) is 5.70.